The van der Waals surface area contributed by atoms with Crippen LogP contribution >= 0.6 is 0 Å². The first-order valence-corrected chi connectivity index (χ1v) is 6.07. The fourth-order valence-electron chi connectivity index (χ4n) is 1.68. The summed E-state index contributed by atoms with van der Waals surface area (Å²) in [6.07, 6.45) is -4.38. The molecule has 2 nitrogen and oxygen atoms in total. The standard InChI is InChI=1S/C15H14F3NO/c1-12-7-9-14(10-8-12)19(20-11-15(16,17)18)13-5-3-2-4-6-13/h2-10H,11H2,1H3. The van der Waals surface area contributed by atoms with Crippen LogP contribution in [0.3, 0.4) is 0 Å². The Balaban J connectivity index is 2.27. The lowest BCUT2D eigenvalue weighted by Crippen LogP contribution is -2.26. The fraction of sp³-hybridized carbons (Fsp3) is 0.200. The van der Waals surface area contributed by atoms with E-state index in [1.54, 1.807) is 42.5 Å². The highest BCUT2D eigenvalue weighted by molar-refractivity contribution is 5.60. The van der Waals surface area contributed by atoms with Crippen molar-refractivity contribution in [2.24, 2.45) is 0 Å². The number of halogens is 3. The van der Waals surface area contributed by atoms with Crippen LogP contribution in [0.2, 0.25) is 0 Å². The van der Waals surface area contributed by atoms with E-state index in [1.807, 2.05) is 19.1 Å². The van der Waals surface area contributed by atoms with Gasteiger partial charge in [0, 0.05) is 0 Å². The minimum absolute atomic E-state index is 0.542. The van der Waals surface area contributed by atoms with Crippen molar-refractivity contribution in [2.45, 2.75) is 13.1 Å². The molecule has 0 atom stereocenters. The van der Waals surface area contributed by atoms with Crippen LogP contribution in [0.25, 0.3) is 0 Å². The lowest BCUT2D eigenvalue weighted by atomic mass is 10.2. The summed E-state index contributed by atoms with van der Waals surface area (Å²) in [7, 11) is 0. The summed E-state index contributed by atoms with van der Waals surface area (Å²) in [4.78, 5) is 4.93. The van der Waals surface area contributed by atoms with E-state index in [9.17, 15) is 13.2 Å². The van der Waals surface area contributed by atoms with Gasteiger partial charge in [0.05, 0.1) is 11.4 Å². The average Bonchev–Trinajstić information content (AvgIpc) is 2.41. The maximum atomic E-state index is 12.4. The zero-order valence-corrected chi connectivity index (χ0v) is 10.9. The Kier molecular flexibility index (Phi) is 4.29. The highest BCUT2D eigenvalue weighted by Gasteiger charge is 2.29. The molecule has 0 heterocycles. The third-order valence-electron chi connectivity index (χ3n) is 2.62. The van der Waals surface area contributed by atoms with Crippen LogP contribution in [-0.2, 0) is 4.84 Å². The summed E-state index contributed by atoms with van der Waals surface area (Å²) in [6, 6.07) is 15.7. The molecule has 0 bridgehead atoms. The van der Waals surface area contributed by atoms with Crippen molar-refractivity contribution >= 4 is 11.4 Å². The summed E-state index contributed by atoms with van der Waals surface area (Å²) in [5, 5.41) is 1.19. The van der Waals surface area contributed by atoms with Crippen molar-refractivity contribution in [3.8, 4) is 0 Å². The van der Waals surface area contributed by atoms with Crippen LogP contribution in [0.15, 0.2) is 54.6 Å². The van der Waals surface area contributed by atoms with Crippen LogP contribution in [0.1, 0.15) is 5.56 Å². The molecule has 20 heavy (non-hydrogen) atoms. The molecule has 0 unspecified atom stereocenters. The van der Waals surface area contributed by atoms with E-state index in [4.69, 9.17) is 4.84 Å². The van der Waals surface area contributed by atoms with E-state index in [-0.39, 0.29) is 0 Å². The largest absolute Gasteiger partial charge is 0.414 e. The van der Waals surface area contributed by atoms with Gasteiger partial charge in [0.15, 0.2) is 6.61 Å². The maximum absolute atomic E-state index is 12.4. The Bertz CT molecular complexity index is 537. The Morgan fingerprint density at radius 1 is 0.900 bits per heavy atom. The highest BCUT2D eigenvalue weighted by Crippen LogP contribution is 2.27. The molecule has 0 saturated carbocycles. The quantitative estimate of drug-likeness (QED) is 0.758. The van der Waals surface area contributed by atoms with E-state index >= 15 is 0 Å². The molecular weight excluding hydrogens is 267 g/mol. The number of hydrogen-bond donors (Lipinski definition) is 0. The number of anilines is 2. The summed E-state index contributed by atoms with van der Waals surface area (Å²) in [6.45, 7) is 0.572. The summed E-state index contributed by atoms with van der Waals surface area (Å²) >= 11 is 0. The Labute approximate surface area is 115 Å². The first-order valence-electron chi connectivity index (χ1n) is 6.07. The van der Waals surface area contributed by atoms with E-state index in [2.05, 4.69) is 0 Å². The fourth-order valence-corrected chi connectivity index (χ4v) is 1.68. The molecule has 0 saturated heterocycles. The van der Waals surface area contributed by atoms with Crippen molar-refractivity contribution in [2.75, 3.05) is 11.7 Å². The van der Waals surface area contributed by atoms with Gasteiger partial charge in [-0.2, -0.15) is 13.2 Å². The van der Waals surface area contributed by atoms with Crippen molar-refractivity contribution in [3.05, 3.63) is 60.2 Å². The molecular formula is C15H14F3NO. The van der Waals surface area contributed by atoms with Crippen molar-refractivity contribution in [1.29, 1.82) is 0 Å². The number of rotatable bonds is 4. The third kappa shape index (κ3) is 3.99. The zero-order valence-electron chi connectivity index (χ0n) is 10.9. The van der Waals surface area contributed by atoms with Crippen molar-refractivity contribution < 1.29 is 18.0 Å². The zero-order chi connectivity index (χ0) is 14.6. The molecule has 0 N–H and O–H groups in total. The monoisotopic (exact) mass is 281 g/mol. The molecule has 0 aliphatic heterocycles. The van der Waals surface area contributed by atoms with Gasteiger partial charge in [-0.1, -0.05) is 35.9 Å². The summed E-state index contributed by atoms with van der Waals surface area (Å²) < 4.78 is 37.1. The van der Waals surface area contributed by atoms with Crippen molar-refractivity contribution in [3.63, 3.8) is 0 Å². The van der Waals surface area contributed by atoms with Gasteiger partial charge < -0.3 is 0 Å². The van der Waals surface area contributed by atoms with Gasteiger partial charge in [-0.05, 0) is 31.2 Å². The van der Waals surface area contributed by atoms with E-state index in [0.29, 0.717) is 11.4 Å². The molecule has 2 rings (SSSR count). The molecule has 0 aromatic heterocycles. The Morgan fingerprint density at radius 3 is 2.00 bits per heavy atom. The van der Waals surface area contributed by atoms with Crippen molar-refractivity contribution in [1.82, 2.24) is 0 Å². The molecule has 2 aromatic carbocycles. The smallest absolute Gasteiger partial charge is 0.259 e. The van der Waals surface area contributed by atoms with E-state index in [1.165, 1.54) is 5.06 Å². The van der Waals surface area contributed by atoms with Gasteiger partial charge in [-0.3, -0.25) is 4.84 Å². The van der Waals surface area contributed by atoms with Gasteiger partial charge in [0.2, 0.25) is 0 Å². The highest BCUT2D eigenvalue weighted by atomic mass is 19.4. The normalized spacial score (nSPS) is 11.4. The van der Waals surface area contributed by atoms with Crippen LogP contribution in [0.5, 0.6) is 0 Å². The number of para-hydroxylation sites is 1. The minimum atomic E-state index is -4.38. The minimum Gasteiger partial charge on any atom is -0.259 e. The Morgan fingerprint density at radius 2 is 1.45 bits per heavy atom. The molecule has 0 amide bonds. The second-order valence-electron chi connectivity index (χ2n) is 4.35. The van der Waals surface area contributed by atoms with Crippen LogP contribution in [0.4, 0.5) is 24.5 Å². The SMILES string of the molecule is Cc1ccc(N(OCC(F)(F)F)c2ccccc2)cc1. The number of alkyl halides is 3. The third-order valence-corrected chi connectivity index (χ3v) is 2.62. The van der Waals surface area contributed by atoms with Crippen LogP contribution in [0, 0.1) is 6.92 Å². The van der Waals surface area contributed by atoms with Gasteiger partial charge in [0.25, 0.3) is 0 Å². The lowest BCUT2D eigenvalue weighted by molar-refractivity contribution is -0.174. The molecule has 0 radical (unpaired) electrons. The number of benzene rings is 2. The summed E-state index contributed by atoms with van der Waals surface area (Å²) in [5.74, 6) is 0. The molecule has 106 valence electrons. The Hall–Kier alpha value is -2.01. The average molecular weight is 281 g/mol. The maximum Gasteiger partial charge on any atom is 0.414 e. The van der Waals surface area contributed by atoms with Gasteiger partial charge in [-0.25, -0.2) is 5.06 Å². The van der Waals surface area contributed by atoms with Gasteiger partial charge in [0.1, 0.15) is 0 Å². The number of nitrogens with zero attached hydrogens (tertiary/aromatic N) is 1. The topological polar surface area (TPSA) is 12.5 Å². The lowest BCUT2D eigenvalue weighted by Gasteiger charge is -2.24. The first kappa shape index (κ1) is 14.4. The predicted octanol–water partition coefficient (Wildman–Crippen LogP) is 4.63. The molecule has 0 spiro atoms. The molecule has 0 fully saturated rings. The molecule has 0 aliphatic rings. The predicted molar refractivity (Wildman–Crippen MR) is 71.8 cm³/mol. The second-order valence-corrected chi connectivity index (χ2v) is 4.35. The van der Waals surface area contributed by atoms with E-state index < -0.39 is 12.8 Å². The van der Waals surface area contributed by atoms with Gasteiger partial charge in [-0.15, -0.1) is 0 Å². The summed E-state index contributed by atoms with van der Waals surface area (Å²) in [5.41, 5.74) is 2.12. The molecule has 2 aromatic rings. The molecule has 0 aliphatic carbocycles. The second kappa shape index (κ2) is 5.96. The molecule has 5 heteroatoms. The van der Waals surface area contributed by atoms with Crippen LogP contribution in [-0.4, -0.2) is 12.8 Å². The first-order chi connectivity index (χ1) is 9.46. The van der Waals surface area contributed by atoms with Gasteiger partial charge >= 0.3 is 6.18 Å². The van der Waals surface area contributed by atoms with E-state index in [0.717, 1.165) is 5.56 Å². The number of aryl methyl sites for hydroxylation is 1. The number of hydrogen-bond acceptors (Lipinski definition) is 2. The van der Waals surface area contributed by atoms with Crippen LogP contribution < -0.4 is 5.06 Å².